The van der Waals surface area contributed by atoms with Crippen LogP contribution in [0, 0.1) is 0 Å². The zero-order chi connectivity index (χ0) is 37.7. The van der Waals surface area contributed by atoms with Gasteiger partial charge in [0.15, 0.2) is 0 Å². The summed E-state index contributed by atoms with van der Waals surface area (Å²) >= 11 is 0. The molecular formula is C54H42N2. The minimum Gasteiger partial charge on any atom is -0.310 e. The molecule has 0 aromatic heterocycles. The molecule has 0 amide bonds. The van der Waals surface area contributed by atoms with Gasteiger partial charge in [0.25, 0.3) is 0 Å². The molecule has 2 aliphatic rings. The molecule has 268 valence electrons. The highest BCUT2D eigenvalue weighted by atomic mass is 15.2. The van der Waals surface area contributed by atoms with E-state index in [4.69, 9.17) is 0 Å². The third-order valence-electron chi connectivity index (χ3n) is 10.5. The molecule has 0 aliphatic heterocycles. The van der Waals surface area contributed by atoms with Gasteiger partial charge in [-0.15, -0.1) is 0 Å². The van der Waals surface area contributed by atoms with Gasteiger partial charge in [0, 0.05) is 34.1 Å². The molecule has 2 aliphatic carbocycles. The first-order chi connectivity index (χ1) is 27.7. The van der Waals surface area contributed by atoms with Crippen molar-refractivity contribution in [1.29, 1.82) is 0 Å². The van der Waals surface area contributed by atoms with E-state index in [1.165, 1.54) is 43.5 Å². The molecule has 0 saturated carbocycles. The lowest BCUT2D eigenvalue weighted by Gasteiger charge is -2.28. The van der Waals surface area contributed by atoms with Crippen molar-refractivity contribution < 1.29 is 0 Å². The minimum atomic E-state index is 0.913. The van der Waals surface area contributed by atoms with Crippen LogP contribution in [0.3, 0.4) is 0 Å². The van der Waals surface area contributed by atoms with E-state index >= 15 is 0 Å². The number of anilines is 4. The second-order valence-electron chi connectivity index (χ2n) is 14.3. The van der Waals surface area contributed by atoms with Crippen molar-refractivity contribution in [2.24, 2.45) is 0 Å². The van der Waals surface area contributed by atoms with Crippen molar-refractivity contribution in [2.75, 3.05) is 9.80 Å². The molecule has 0 heterocycles. The number of rotatable bonds is 9. The number of nitrogens with zero attached hydrogens (tertiary/aromatic N) is 2. The molecule has 7 aromatic rings. The molecule has 0 unspecified atom stereocenters. The fourth-order valence-electron chi connectivity index (χ4n) is 7.70. The summed E-state index contributed by atoms with van der Waals surface area (Å²) in [5.74, 6) is 0. The van der Waals surface area contributed by atoms with Gasteiger partial charge in [0.2, 0.25) is 0 Å². The Morgan fingerprint density at radius 3 is 1.62 bits per heavy atom. The molecule has 0 fully saturated rings. The number of hydrogen-bond acceptors (Lipinski definition) is 2. The highest BCUT2D eigenvalue weighted by Gasteiger charge is 2.18. The maximum absolute atomic E-state index is 2.36. The lowest BCUT2D eigenvalue weighted by molar-refractivity contribution is 1.14. The molecule has 0 atom stereocenters. The van der Waals surface area contributed by atoms with Gasteiger partial charge in [-0.3, -0.25) is 0 Å². The van der Waals surface area contributed by atoms with E-state index in [0.717, 1.165) is 46.1 Å². The SMILES string of the molecule is C\C=C/C(=C\C=C\c1ccc(N(c2ccc3ccccc3c2)c2ccc3ccccc3c2)cc1)N(C1=CC2=CC=CC=C(C=C1)C2)c1ccc2ccccc2c1. The van der Waals surface area contributed by atoms with Gasteiger partial charge < -0.3 is 9.80 Å². The normalized spacial score (nSPS) is 14.2. The molecule has 0 radical (unpaired) electrons. The van der Waals surface area contributed by atoms with E-state index in [2.05, 4.69) is 241 Å². The van der Waals surface area contributed by atoms with Crippen LogP contribution >= 0.6 is 0 Å². The first-order valence-corrected chi connectivity index (χ1v) is 19.3. The van der Waals surface area contributed by atoms with Crippen molar-refractivity contribution in [1.82, 2.24) is 0 Å². The summed E-state index contributed by atoms with van der Waals surface area (Å²) in [5, 5.41) is 7.34. The van der Waals surface area contributed by atoms with E-state index in [1.807, 2.05) is 0 Å². The summed E-state index contributed by atoms with van der Waals surface area (Å²) in [6.07, 6.45) is 27.3. The van der Waals surface area contributed by atoms with Crippen molar-refractivity contribution in [3.63, 3.8) is 0 Å². The summed E-state index contributed by atoms with van der Waals surface area (Å²) in [7, 11) is 0. The molecule has 2 nitrogen and oxygen atoms in total. The predicted molar refractivity (Wildman–Crippen MR) is 242 cm³/mol. The third-order valence-corrected chi connectivity index (χ3v) is 10.5. The summed E-state index contributed by atoms with van der Waals surface area (Å²) < 4.78 is 0. The van der Waals surface area contributed by atoms with Gasteiger partial charge >= 0.3 is 0 Å². The first kappa shape index (κ1) is 34.6. The van der Waals surface area contributed by atoms with Gasteiger partial charge in [-0.1, -0.05) is 152 Å². The van der Waals surface area contributed by atoms with Crippen LogP contribution in [0.1, 0.15) is 18.9 Å². The summed E-state index contributed by atoms with van der Waals surface area (Å²) in [4.78, 5) is 4.72. The number of fused-ring (bicyclic) bond motifs is 5. The third kappa shape index (κ3) is 7.33. The van der Waals surface area contributed by atoms with Gasteiger partial charge in [-0.25, -0.2) is 0 Å². The van der Waals surface area contributed by atoms with E-state index in [0.29, 0.717) is 0 Å². The van der Waals surface area contributed by atoms with Crippen molar-refractivity contribution in [3.8, 4) is 0 Å². The lowest BCUT2D eigenvalue weighted by atomic mass is 10.1. The Labute approximate surface area is 329 Å². The van der Waals surface area contributed by atoms with Gasteiger partial charge in [0.05, 0.1) is 0 Å². The molecule has 0 saturated heterocycles. The van der Waals surface area contributed by atoms with Gasteiger partial charge in [-0.05, 0) is 135 Å². The Balaban J connectivity index is 1.07. The largest absolute Gasteiger partial charge is 0.310 e. The number of allylic oxidation sites excluding steroid dienone is 13. The number of benzene rings is 7. The fraction of sp³-hybridized carbons (Fsp3) is 0.0370. The Morgan fingerprint density at radius 2 is 1.04 bits per heavy atom. The lowest BCUT2D eigenvalue weighted by Crippen LogP contribution is -2.20. The molecule has 0 spiro atoms. The second-order valence-corrected chi connectivity index (χ2v) is 14.3. The smallest absolute Gasteiger partial charge is 0.0468 e. The van der Waals surface area contributed by atoms with Gasteiger partial charge in [0.1, 0.15) is 0 Å². The zero-order valence-electron chi connectivity index (χ0n) is 31.5. The standard InChI is InChI=1S/C54H42N2/c1-2-12-49(55(52-32-26-43-16-5-8-19-46(43)37-52)51-31-25-41-13-3-4-14-42(35-41)36-51)22-11-15-40-23-29-50(30-24-40)56(53-33-27-44-17-6-9-20-47(44)38-53)54-34-28-45-18-7-10-21-48(45)39-54/h2-34,36-39H,35H2,1H3/b12-2-,15-11+,49-22+. The van der Waals surface area contributed by atoms with Crippen LogP contribution < -0.4 is 9.80 Å². The maximum Gasteiger partial charge on any atom is 0.0468 e. The maximum atomic E-state index is 2.36. The minimum absolute atomic E-state index is 0.913. The second kappa shape index (κ2) is 15.7. The highest BCUT2D eigenvalue weighted by molar-refractivity contribution is 5.93. The number of hydrogen-bond donors (Lipinski definition) is 0. The van der Waals surface area contributed by atoms with Crippen LogP contribution in [0.5, 0.6) is 0 Å². The summed E-state index contributed by atoms with van der Waals surface area (Å²) in [5.41, 5.74) is 10.4. The van der Waals surface area contributed by atoms with E-state index < -0.39 is 0 Å². The quantitative estimate of drug-likeness (QED) is 0.137. The fourth-order valence-corrected chi connectivity index (χ4v) is 7.70. The summed E-state index contributed by atoms with van der Waals surface area (Å²) in [6.45, 7) is 2.08. The Morgan fingerprint density at radius 1 is 0.518 bits per heavy atom. The zero-order valence-corrected chi connectivity index (χ0v) is 31.5. The van der Waals surface area contributed by atoms with Crippen LogP contribution in [0.4, 0.5) is 22.7 Å². The molecule has 2 heteroatoms. The van der Waals surface area contributed by atoms with Crippen LogP contribution in [0.2, 0.25) is 0 Å². The summed E-state index contributed by atoms with van der Waals surface area (Å²) in [6, 6.07) is 54.7. The predicted octanol–water partition coefficient (Wildman–Crippen LogP) is 14.9. The Bertz CT molecular complexity index is 2760. The highest BCUT2D eigenvalue weighted by Crippen LogP contribution is 2.38. The van der Waals surface area contributed by atoms with Crippen molar-refractivity contribution in [3.05, 3.63) is 247 Å². The average molecular weight is 719 g/mol. The molecule has 7 aromatic carbocycles. The Hall–Kier alpha value is -7.16. The van der Waals surface area contributed by atoms with Crippen LogP contribution in [-0.4, -0.2) is 0 Å². The molecule has 56 heavy (non-hydrogen) atoms. The topological polar surface area (TPSA) is 6.48 Å². The van der Waals surface area contributed by atoms with Crippen molar-refractivity contribution in [2.45, 2.75) is 13.3 Å². The van der Waals surface area contributed by atoms with E-state index in [-0.39, 0.29) is 0 Å². The molecule has 9 rings (SSSR count). The van der Waals surface area contributed by atoms with E-state index in [1.54, 1.807) is 0 Å². The van der Waals surface area contributed by atoms with Gasteiger partial charge in [-0.2, -0.15) is 0 Å². The first-order valence-electron chi connectivity index (χ1n) is 19.3. The Kier molecular flexibility index (Phi) is 9.68. The van der Waals surface area contributed by atoms with Crippen LogP contribution in [-0.2, 0) is 0 Å². The monoisotopic (exact) mass is 718 g/mol. The average Bonchev–Trinajstić information content (AvgIpc) is 3.60. The van der Waals surface area contributed by atoms with Crippen LogP contribution in [0.15, 0.2) is 241 Å². The van der Waals surface area contributed by atoms with Crippen molar-refractivity contribution >= 4 is 61.1 Å². The molecule has 0 N–H and O–H groups in total. The molecule has 2 bridgehead atoms. The van der Waals surface area contributed by atoms with Crippen LogP contribution in [0.25, 0.3) is 38.4 Å². The molecular weight excluding hydrogens is 677 g/mol. The van der Waals surface area contributed by atoms with E-state index in [9.17, 15) is 0 Å².